The Morgan fingerprint density at radius 1 is 1.12 bits per heavy atom. The molecule has 2 unspecified atom stereocenters. The highest BCUT2D eigenvalue weighted by Gasteiger charge is 2.33. The molecule has 0 aliphatic heterocycles. The Morgan fingerprint density at radius 3 is 2.38 bits per heavy atom. The lowest BCUT2D eigenvalue weighted by molar-refractivity contribution is -0.143. The first kappa shape index (κ1) is 11.4. The van der Waals surface area contributed by atoms with E-state index in [4.69, 9.17) is 5.11 Å². The molecule has 0 radical (unpaired) electrons. The molecule has 16 heavy (non-hydrogen) atoms. The molecule has 2 atom stereocenters. The van der Waals surface area contributed by atoms with Crippen molar-refractivity contribution in [1.29, 1.82) is 0 Å². The van der Waals surface area contributed by atoms with E-state index in [1.807, 2.05) is 0 Å². The van der Waals surface area contributed by atoms with Crippen molar-refractivity contribution in [2.75, 3.05) is 6.54 Å². The van der Waals surface area contributed by atoms with Crippen LogP contribution in [0.3, 0.4) is 0 Å². The second-order valence-electron chi connectivity index (χ2n) is 5.01. The van der Waals surface area contributed by atoms with Crippen molar-refractivity contribution in [3.63, 3.8) is 0 Å². The highest BCUT2D eigenvalue weighted by molar-refractivity contribution is 5.79. The van der Waals surface area contributed by atoms with Gasteiger partial charge in [0, 0.05) is 12.5 Å². The molecule has 0 aromatic carbocycles. The first-order chi connectivity index (χ1) is 7.68. The van der Waals surface area contributed by atoms with Gasteiger partial charge in [-0.3, -0.25) is 9.59 Å². The van der Waals surface area contributed by atoms with E-state index in [0.29, 0.717) is 6.54 Å². The fraction of sp³-hybridized carbons (Fsp3) is 0.833. The monoisotopic (exact) mass is 225 g/mol. The van der Waals surface area contributed by atoms with Crippen molar-refractivity contribution >= 4 is 11.9 Å². The zero-order valence-electron chi connectivity index (χ0n) is 9.45. The number of nitrogens with one attached hydrogen (secondary N) is 1. The number of carbonyl (C=O) groups is 2. The van der Waals surface area contributed by atoms with Gasteiger partial charge < -0.3 is 10.4 Å². The molecule has 0 saturated heterocycles. The van der Waals surface area contributed by atoms with E-state index in [-0.39, 0.29) is 23.7 Å². The first-order valence-corrected chi connectivity index (χ1v) is 6.19. The lowest BCUT2D eigenvalue weighted by atomic mass is 9.84. The number of hydrogen-bond acceptors (Lipinski definition) is 2. The Balaban J connectivity index is 1.76. The van der Waals surface area contributed by atoms with Crippen LogP contribution in [0.25, 0.3) is 0 Å². The molecule has 0 bridgehead atoms. The molecule has 4 nitrogen and oxygen atoms in total. The topological polar surface area (TPSA) is 66.4 Å². The van der Waals surface area contributed by atoms with Gasteiger partial charge in [0.05, 0.1) is 5.92 Å². The van der Waals surface area contributed by atoms with E-state index in [2.05, 4.69) is 5.32 Å². The Hall–Kier alpha value is -1.06. The van der Waals surface area contributed by atoms with Gasteiger partial charge in [0.1, 0.15) is 0 Å². The van der Waals surface area contributed by atoms with Crippen LogP contribution in [0, 0.1) is 17.8 Å². The van der Waals surface area contributed by atoms with Crippen LogP contribution in [0.2, 0.25) is 0 Å². The van der Waals surface area contributed by atoms with Gasteiger partial charge in [0.25, 0.3) is 0 Å². The summed E-state index contributed by atoms with van der Waals surface area (Å²) in [6.45, 7) is 0.548. The minimum Gasteiger partial charge on any atom is -0.481 e. The molecule has 0 aromatic heterocycles. The maximum absolute atomic E-state index is 11.6. The summed E-state index contributed by atoms with van der Waals surface area (Å²) in [6.07, 6.45) is 5.82. The summed E-state index contributed by atoms with van der Waals surface area (Å²) in [7, 11) is 0. The number of aliphatic carboxylic acids is 1. The molecular formula is C12H19NO3. The third-order valence-electron chi connectivity index (χ3n) is 3.99. The van der Waals surface area contributed by atoms with Gasteiger partial charge in [-0.25, -0.2) is 0 Å². The van der Waals surface area contributed by atoms with Crippen LogP contribution in [-0.2, 0) is 9.59 Å². The largest absolute Gasteiger partial charge is 0.481 e. The summed E-state index contributed by atoms with van der Waals surface area (Å²) >= 11 is 0. The van der Waals surface area contributed by atoms with E-state index < -0.39 is 5.97 Å². The molecule has 2 saturated carbocycles. The third kappa shape index (κ3) is 2.36. The van der Waals surface area contributed by atoms with Gasteiger partial charge in [0.15, 0.2) is 0 Å². The number of hydrogen-bond donors (Lipinski definition) is 2. The van der Waals surface area contributed by atoms with Crippen molar-refractivity contribution in [2.45, 2.75) is 38.5 Å². The molecular weight excluding hydrogens is 206 g/mol. The van der Waals surface area contributed by atoms with Crippen LogP contribution < -0.4 is 5.32 Å². The second kappa shape index (κ2) is 4.85. The fourth-order valence-corrected chi connectivity index (χ4v) is 2.65. The summed E-state index contributed by atoms with van der Waals surface area (Å²) in [5, 5.41) is 11.9. The van der Waals surface area contributed by atoms with Gasteiger partial charge in [-0.2, -0.15) is 0 Å². The minimum absolute atomic E-state index is 0.127. The summed E-state index contributed by atoms with van der Waals surface area (Å²) in [5.41, 5.74) is 0. The van der Waals surface area contributed by atoms with Crippen LogP contribution >= 0.6 is 0 Å². The van der Waals surface area contributed by atoms with Gasteiger partial charge in [-0.05, 0) is 31.6 Å². The minimum atomic E-state index is -0.708. The van der Waals surface area contributed by atoms with Crippen LogP contribution in [0.1, 0.15) is 38.5 Å². The van der Waals surface area contributed by atoms with E-state index in [9.17, 15) is 9.59 Å². The van der Waals surface area contributed by atoms with Gasteiger partial charge in [-0.15, -0.1) is 0 Å². The van der Waals surface area contributed by atoms with E-state index in [1.54, 1.807) is 0 Å². The smallest absolute Gasteiger partial charge is 0.306 e. The lowest BCUT2D eigenvalue weighted by Crippen LogP contribution is -2.38. The normalized spacial score (nSPS) is 29.8. The molecule has 0 aromatic rings. The predicted molar refractivity (Wildman–Crippen MR) is 58.8 cm³/mol. The van der Waals surface area contributed by atoms with Crippen molar-refractivity contribution in [1.82, 2.24) is 5.32 Å². The molecule has 2 aliphatic rings. The molecule has 2 rings (SSSR count). The number of carbonyl (C=O) groups excluding carboxylic acids is 1. The molecule has 4 heteroatoms. The second-order valence-corrected chi connectivity index (χ2v) is 5.01. The highest BCUT2D eigenvalue weighted by Crippen LogP contribution is 2.32. The molecule has 0 heterocycles. The number of rotatable bonds is 4. The molecule has 2 aliphatic carbocycles. The maximum Gasteiger partial charge on any atom is 0.306 e. The molecule has 1 amide bonds. The van der Waals surface area contributed by atoms with Crippen molar-refractivity contribution < 1.29 is 14.7 Å². The Kier molecular flexibility index (Phi) is 3.46. The van der Waals surface area contributed by atoms with Gasteiger partial charge in [0.2, 0.25) is 5.91 Å². The zero-order valence-corrected chi connectivity index (χ0v) is 9.45. The van der Waals surface area contributed by atoms with Crippen LogP contribution in [0.5, 0.6) is 0 Å². The SMILES string of the molecule is O=C(NCC1CCCC1C(=O)O)C1CCC1. The average Bonchev–Trinajstić information content (AvgIpc) is 2.59. The molecule has 90 valence electrons. The summed E-state index contributed by atoms with van der Waals surface area (Å²) in [6, 6.07) is 0. The summed E-state index contributed by atoms with van der Waals surface area (Å²) in [5.74, 6) is -0.490. The van der Waals surface area contributed by atoms with Crippen LogP contribution in [0.15, 0.2) is 0 Å². The fourth-order valence-electron chi connectivity index (χ4n) is 2.65. The molecule has 2 fully saturated rings. The first-order valence-electron chi connectivity index (χ1n) is 6.19. The molecule has 0 spiro atoms. The van der Waals surface area contributed by atoms with E-state index >= 15 is 0 Å². The number of amides is 1. The summed E-state index contributed by atoms with van der Waals surface area (Å²) < 4.78 is 0. The van der Waals surface area contributed by atoms with Crippen LogP contribution in [-0.4, -0.2) is 23.5 Å². The Labute approximate surface area is 95.4 Å². The van der Waals surface area contributed by atoms with Gasteiger partial charge in [-0.1, -0.05) is 12.8 Å². The van der Waals surface area contributed by atoms with Crippen molar-refractivity contribution in [2.24, 2.45) is 17.8 Å². The zero-order chi connectivity index (χ0) is 11.5. The van der Waals surface area contributed by atoms with Crippen molar-refractivity contribution in [3.8, 4) is 0 Å². The van der Waals surface area contributed by atoms with Crippen LogP contribution in [0.4, 0.5) is 0 Å². The number of carboxylic acids is 1. The Morgan fingerprint density at radius 2 is 1.81 bits per heavy atom. The average molecular weight is 225 g/mol. The lowest BCUT2D eigenvalue weighted by Gasteiger charge is -2.25. The Bertz CT molecular complexity index is 286. The van der Waals surface area contributed by atoms with E-state index in [0.717, 1.165) is 38.5 Å². The highest BCUT2D eigenvalue weighted by atomic mass is 16.4. The maximum atomic E-state index is 11.6. The number of carboxylic acid groups (broad SMARTS) is 1. The standard InChI is InChI=1S/C12H19NO3/c14-11(8-3-1-4-8)13-7-9-5-2-6-10(9)12(15)16/h8-10H,1-7H2,(H,13,14)(H,15,16). The molecule has 2 N–H and O–H groups in total. The summed E-state index contributed by atoms with van der Waals surface area (Å²) in [4.78, 5) is 22.5. The van der Waals surface area contributed by atoms with E-state index in [1.165, 1.54) is 0 Å². The third-order valence-corrected chi connectivity index (χ3v) is 3.99. The van der Waals surface area contributed by atoms with Gasteiger partial charge >= 0.3 is 5.97 Å². The predicted octanol–water partition coefficient (Wildman–Crippen LogP) is 1.40. The quantitative estimate of drug-likeness (QED) is 0.760. The van der Waals surface area contributed by atoms with Crippen molar-refractivity contribution in [3.05, 3.63) is 0 Å².